The number of benzene rings is 1. The zero-order chi connectivity index (χ0) is 14.5. The molecule has 2 rings (SSSR count). The summed E-state index contributed by atoms with van der Waals surface area (Å²) in [6, 6.07) is 7.40. The predicted molar refractivity (Wildman–Crippen MR) is 77.5 cm³/mol. The monoisotopic (exact) mass is 278 g/mol. The molecule has 5 heteroatoms. The largest absolute Gasteiger partial charge is 0.446 e. The van der Waals surface area contributed by atoms with Crippen molar-refractivity contribution in [2.75, 3.05) is 5.32 Å². The van der Waals surface area contributed by atoms with E-state index < -0.39 is 6.09 Å². The quantitative estimate of drug-likeness (QED) is 0.891. The Labute approximate surface area is 119 Å². The number of carbonyl (C=O) groups is 1. The molecule has 5 nitrogen and oxygen atoms in total. The maximum atomic E-state index is 11.8. The average molecular weight is 278 g/mol. The molecule has 1 heterocycles. The van der Waals surface area contributed by atoms with Crippen molar-refractivity contribution in [3.63, 3.8) is 0 Å². The Bertz CT molecular complexity index is 437. The molecule has 2 atom stereocenters. The Balaban J connectivity index is 1.85. The van der Waals surface area contributed by atoms with Crippen molar-refractivity contribution in [2.24, 2.45) is 5.73 Å². The van der Waals surface area contributed by atoms with Gasteiger partial charge in [-0.25, -0.2) is 4.79 Å². The highest BCUT2D eigenvalue weighted by molar-refractivity contribution is 5.84. The first-order valence-corrected chi connectivity index (χ1v) is 6.99. The molecule has 0 aliphatic carbocycles. The number of hydrogen-bond acceptors (Lipinski definition) is 4. The van der Waals surface area contributed by atoms with Crippen molar-refractivity contribution in [1.82, 2.24) is 0 Å². The fraction of sp³-hybridized carbons (Fsp3) is 0.533. The molecule has 1 fully saturated rings. The Morgan fingerprint density at radius 1 is 1.30 bits per heavy atom. The van der Waals surface area contributed by atoms with Crippen LogP contribution in [-0.4, -0.2) is 24.4 Å². The van der Waals surface area contributed by atoms with Crippen LogP contribution in [0.4, 0.5) is 10.5 Å². The smallest absolute Gasteiger partial charge is 0.411 e. The van der Waals surface area contributed by atoms with Gasteiger partial charge in [0.05, 0.1) is 12.2 Å². The first-order valence-electron chi connectivity index (χ1n) is 6.99. The molecule has 1 saturated heterocycles. The number of hydrogen-bond donors (Lipinski definition) is 2. The van der Waals surface area contributed by atoms with Crippen LogP contribution < -0.4 is 11.1 Å². The van der Waals surface area contributed by atoms with Crippen molar-refractivity contribution < 1.29 is 14.3 Å². The second kappa shape index (κ2) is 6.72. The Kier molecular flexibility index (Phi) is 4.98. The molecule has 1 aromatic rings. The van der Waals surface area contributed by atoms with Crippen LogP contribution in [0.25, 0.3) is 0 Å². The molecule has 1 aromatic carbocycles. The predicted octanol–water partition coefficient (Wildman–Crippen LogP) is 2.65. The molecule has 0 bridgehead atoms. The van der Waals surface area contributed by atoms with Gasteiger partial charge in [-0.2, -0.15) is 0 Å². The van der Waals surface area contributed by atoms with E-state index in [2.05, 4.69) is 5.32 Å². The van der Waals surface area contributed by atoms with Crippen LogP contribution in [0.1, 0.15) is 32.3 Å². The minimum atomic E-state index is -0.420. The fourth-order valence-corrected chi connectivity index (χ4v) is 2.46. The number of ether oxygens (including phenoxy) is 2. The third-order valence-corrected chi connectivity index (χ3v) is 3.36. The van der Waals surface area contributed by atoms with Crippen LogP contribution in [-0.2, 0) is 16.0 Å². The number of rotatable bonds is 3. The Morgan fingerprint density at radius 3 is 2.45 bits per heavy atom. The molecule has 0 spiro atoms. The Hall–Kier alpha value is -1.59. The topological polar surface area (TPSA) is 73.6 Å². The summed E-state index contributed by atoms with van der Waals surface area (Å²) in [6.07, 6.45) is 1.22. The minimum Gasteiger partial charge on any atom is -0.446 e. The summed E-state index contributed by atoms with van der Waals surface area (Å²) < 4.78 is 11.1. The van der Waals surface area contributed by atoms with Gasteiger partial charge < -0.3 is 15.2 Å². The van der Waals surface area contributed by atoms with E-state index in [0.717, 1.165) is 18.4 Å². The first kappa shape index (κ1) is 14.8. The molecular formula is C15H22N2O3. The highest BCUT2D eigenvalue weighted by Gasteiger charge is 2.27. The molecule has 0 aromatic heterocycles. The summed E-state index contributed by atoms with van der Waals surface area (Å²) in [6.45, 7) is 4.48. The van der Waals surface area contributed by atoms with Gasteiger partial charge in [0, 0.05) is 25.1 Å². The zero-order valence-corrected chi connectivity index (χ0v) is 12.0. The third kappa shape index (κ3) is 4.21. The lowest BCUT2D eigenvalue weighted by Crippen LogP contribution is -2.36. The number of amides is 1. The SMILES string of the molecule is CC1CC(OC(=O)Nc2ccc(CN)cc2)CC(C)O1. The average Bonchev–Trinajstić information content (AvgIpc) is 2.38. The van der Waals surface area contributed by atoms with Crippen LogP contribution in [0.15, 0.2) is 24.3 Å². The normalized spacial score (nSPS) is 26.1. The van der Waals surface area contributed by atoms with Gasteiger partial charge in [-0.15, -0.1) is 0 Å². The molecule has 0 saturated carbocycles. The van der Waals surface area contributed by atoms with E-state index in [4.69, 9.17) is 15.2 Å². The Morgan fingerprint density at radius 2 is 1.90 bits per heavy atom. The molecule has 110 valence electrons. The number of nitrogens with one attached hydrogen (secondary N) is 1. The molecule has 3 N–H and O–H groups in total. The van der Waals surface area contributed by atoms with Gasteiger partial charge in [-0.3, -0.25) is 5.32 Å². The number of anilines is 1. The molecule has 1 aliphatic rings. The molecule has 1 amide bonds. The third-order valence-electron chi connectivity index (χ3n) is 3.36. The van der Waals surface area contributed by atoms with E-state index >= 15 is 0 Å². The maximum absolute atomic E-state index is 11.8. The van der Waals surface area contributed by atoms with Crippen molar-refractivity contribution in [3.8, 4) is 0 Å². The number of nitrogens with two attached hydrogens (primary N) is 1. The van der Waals surface area contributed by atoms with Crippen molar-refractivity contribution in [2.45, 2.75) is 51.5 Å². The molecule has 2 unspecified atom stereocenters. The van der Waals surface area contributed by atoms with E-state index in [1.165, 1.54) is 0 Å². The molecule has 1 aliphatic heterocycles. The fourth-order valence-electron chi connectivity index (χ4n) is 2.46. The second-order valence-electron chi connectivity index (χ2n) is 5.28. The van der Waals surface area contributed by atoms with Gasteiger partial charge in [0.1, 0.15) is 6.10 Å². The van der Waals surface area contributed by atoms with Crippen molar-refractivity contribution in [1.29, 1.82) is 0 Å². The van der Waals surface area contributed by atoms with Crippen LogP contribution >= 0.6 is 0 Å². The highest BCUT2D eigenvalue weighted by Crippen LogP contribution is 2.22. The van der Waals surface area contributed by atoms with E-state index in [9.17, 15) is 4.79 Å². The zero-order valence-electron chi connectivity index (χ0n) is 12.0. The van der Waals surface area contributed by atoms with Crippen LogP contribution in [0, 0.1) is 0 Å². The van der Waals surface area contributed by atoms with Gasteiger partial charge in [-0.05, 0) is 31.5 Å². The van der Waals surface area contributed by atoms with E-state index in [1.807, 2.05) is 38.1 Å². The summed E-state index contributed by atoms with van der Waals surface area (Å²) in [5.74, 6) is 0. The molecule has 20 heavy (non-hydrogen) atoms. The second-order valence-corrected chi connectivity index (χ2v) is 5.28. The summed E-state index contributed by atoms with van der Waals surface area (Å²) >= 11 is 0. The number of carbonyl (C=O) groups excluding carboxylic acids is 1. The van der Waals surface area contributed by atoms with E-state index in [-0.39, 0.29) is 18.3 Å². The summed E-state index contributed by atoms with van der Waals surface area (Å²) in [4.78, 5) is 11.8. The standard InChI is InChI=1S/C15H22N2O3/c1-10-7-14(8-11(2)19-10)20-15(18)17-13-5-3-12(9-16)4-6-13/h3-6,10-11,14H,7-9,16H2,1-2H3,(H,17,18). The molecule has 0 radical (unpaired) electrons. The van der Waals surface area contributed by atoms with Crippen LogP contribution in [0.5, 0.6) is 0 Å². The molecular weight excluding hydrogens is 256 g/mol. The maximum Gasteiger partial charge on any atom is 0.411 e. The van der Waals surface area contributed by atoms with E-state index in [0.29, 0.717) is 12.2 Å². The summed E-state index contributed by atoms with van der Waals surface area (Å²) in [5, 5.41) is 2.73. The highest BCUT2D eigenvalue weighted by atomic mass is 16.6. The van der Waals surface area contributed by atoms with Gasteiger partial charge in [0.2, 0.25) is 0 Å². The van der Waals surface area contributed by atoms with Crippen molar-refractivity contribution >= 4 is 11.8 Å². The van der Waals surface area contributed by atoms with Crippen LogP contribution in [0.2, 0.25) is 0 Å². The van der Waals surface area contributed by atoms with Gasteiger partial charge in [0.25, 0.3) is 0 Å². The van der Waals surface area contributed by atoms with Gasteiger partial charge >= 0.3 is 6.09 Å². The summed E-state index contributed by atoms with van der Waals surface area (Å²) in [7, 11) is 0. The van der Waals surface area contributed by atoms with Crippen molar-refractivity contribution in [3.05, 3.63) is 29.8 Å². The van der Waals surface area contributed by atoms with Crippen LogP contribution in [0.3, 0.4) is 0 Å². The van der Waals surface area contributed by atoms with Gasteiger partial charge in [-0.1, -0.05) is 12.1 Å². The summed E-state index contributed by atoms with van der Waals surface area (Å²) in [5.41, 5.74) is 7.26. The lowest BCUT2D eigenvalue weighted by molar-refractivity contribution is -0.0802. The first-order chi connectivity index (χ1) is 9.56. The lowest BCUT2D eigenvalue weighted by atomic mass is 10.0. The minimum absolute atomic E-state index is 0.0861. The van der Waals surface area contributed by atoms with Gasteiger partial charge in [0.15, 0.2) is 0 Å². The lowest BCUT2D eigenvalue weighted by Gasteiger charge is -2.31. The van der Waals surface area contributed by atoms with E-state index in [1.54, 1.807) is 0 Å².